The van der Waals surface area contributed by atoms with Crippen LogP contribution in [0.5, 0.6) is 23.0 Å². The van der Waals surface area contributed by atoms with Gasteiger partial charge in [-0.2, -0.15) is 0 Å². The van der Waals surface area contributed by atoms with E-state index >= 15 is 0 Å². The molecular weight excluding hydrogens is 843 g/mol. The summed E-state index contributed by atoms with van der Waals surface area (Å²) in [5.74, 6) is -4.27. The quantitative estimate of drug-likeness (QED) is 0.114. The number of halogens is 4. The minimum Gasteiger partial charge on any atom is -0.503 e. The van der Waals surface area contributed by atoms with Gasteiger partial charge in [-0.25, -0.2) is 0 Å². The average molecular weight is 875 g/mol. The van der Waals surface area contributed by atoms with Crippen molar-refractivity contribution in [3.05, 3.63) is 85.8 Å². The second-order valence-electron chi connectivity index (χ2n) is 13.2. The molecule has 0 spiro atoms. The molecule has 3 aromatic carbocycles. The van der Waals surface area contributed by atoms with Crippen LogP contribution in [0, 0.1) is 17.8 Å². The lowest BCUT2D eigenvalue weighted by atomic mass is 9.56. The molecule has 14 heteroatoms. The number of anilines is 1. The number of rotatable bonds is 7. The van der Waals surface area contributed by atoms with Gasteiger partial charge in [0.25, 0.3) is 11.8 Å². The summed E-state index contributed by atoms with van der Waals surface area (Å²) in [7, 11) is 5.89. The number of alkyl halides is 2. The monoisotopic (exact) mass is 872 g/mol. The maximum absolute atomic E-state index is 14.5. The number of phenols is 1. The van der Waals surface area contributed by atoms with Crippen molar-refractivity contribution in [1.82, 2.24) is 4.90 Å². The van der Waals surface area contributed by atoms with Gasteiger partial charge in [0.15, 0.2) is 21.2 Å². The average Bonchev–Trinajstić information content (AvgIpc) is 3.48. The largest absolute Gasteiger partial charge is 0.503 e. The molecule has 1 N–H and O–H groups in total. The summed E-state index contributed by atoms with van der Waals surface area (Å²) in [5, 5.41) is 10.7. The molecule has 270 valence electrons. The van der Waals surface area contributed by atoms with Crippen molar-refractivity contribution in [2.45, 2.75) is 28.5 Å². The van der Waals surface area contributed by atoms with Crippen molar-refractivity contribution < 1.29 is 38.5 Å². The minimum absolute atomic E-state index is 0.0891. The number of fused-ring (bicyclic) bond motifs is 4. The Kier molecular flexibility index (Phi) is 9.29. The molecule has 52 heavy (non-hydrogen) atoms. The van der Waals surface area contributed by atoms with Crippen LogP contribution >= 0.6 is 55.1 Å². The summed E-state index contributed by atoms with van der Waals surface area (Å²) in [4.78, 5) is 54.5. The summed E-state index contributed by atoms with van der Waals surface area (Å²) in [5.41, 5.74) is 3.06. The van der Waals surface area contributed by atoms with Crippen LogP contribution in [-0.4, -0.2) is 71.8 Å². The van der Waals surface area contributed by atoms with Gasteiger partial charge in [0.05, 0.1) is 43.3 Å². The second kappa shape index (κ2) is 13.2. The molecule has 0 radical (unpaired) electrons. The number of phenolic OH excluding ortho intramolecular Hbond substituents is 1. The molecule has 1 saturated carbocycles. The molecule has 6 unspecified atom stereocenters. The van der Waals surface area contributed by atoms with E-state index in [1.165, 1.54) is 25.1 Å². The number of methoxy groups -OCH3 is 3. The van der Waals surface area contributed by atoms with E-state index in [1.54, 1.807) is 26.4 Å². The van der Waals surface area contributed by atoms with Crippen molar-refractivity contribution in [3.63, 3.8) is 0 Å². The normalized spacial score (nSPS) is 28.2. The Hall–Kier alpha value is -3.84. The van der Waals surface area contributed by atoms with Gasteiger partial charge < -0.3 is 19.3 Å². The zero-order valence-corrected chi connectivity index (χ0v) is 33.0. The Balaban J connectivity index is 1.26. The molecule has 0 bridgehead atoms. The van der Waals surface area contributed by atoms with Crippen molar-refractivity contribution in [2.24, 2.45) is 17.8 Å². The van der Waals surface area contributed by atoms with Gasteiger partial charge in [-0.15, -0.1) is 23.2 Å². The summed E-state index contributed by atoms with van der Waals surface area (Å²) < 4.78 is 16.9. The second-order valence-corrected chi connectivity index (χ2v) is 16.0. The van der Waals surface area contributed by atoms with E-state index in [0.29, 0.717) is 32.8 Å². The van der Waals surface area contributed by atoms with E-state index in [0.717, 1.165) is 16.0 Å². The van der Waals surface area contributed by atoms with E-state index in [4.69, 9.17) is 37.4 Å². The predicted molar refractivity (Wildman–Crippen MR) is 203 cm³/mol. The lowest BCUT2D eigenvalue weighted by Gasteiger charge is -2.51. The van der Waals surface area contributed by atoms with E-state index in [-0.39, 0.29) is 34.7 Å². The highest BCUT2D eigenvalue weighted by Crippen LogP contribution is 2.66. The summed E-state index contributed by atoms with van der Waals surface area (Å²) >= 11 is 21.6. The highest BCUT2D eigenvalue weighted by Gasteiger charge is 2.76. The Morgan fingerprint density at radius 2 is 1.54 bits per heavy atom. The zero-order chi connectivity index (χ0) is 37.4. The van der Waals surface area contributed by atoms with E-state index < -0.39 is 51.1 Å². The van der Waals surface area contributed by atoms with E-state index in [1.807, 2.05) is 48.6 Å². The van der Waals surface area contributed by atoms with Crippen LogP contribution in [0.15, 0.2) is 69.1 Å². The maximum Gasteiger partial charge on any atom is 0.253 e. The smallest absolute Gasteiger partial charge is 0.253 e. The number of likely N-dealkylation sites (tertiary alicyclic amines) is 1. The number of aromatic hydroxyl groups is 1. The van der Waals surface area contributed by atoms with Crippen LogP contribution < -0.4 is 19.1 Å². The number of ether oxygens (including phenoxy) is 3. The lowest BCUT2D eigenvalue weighted by Crippen LogP contribution is -2.60. The number of nitrogens with zero attached hydrogens (tertiary/aromatic N) is 2. The number of hydrogen-bond acceptors (Lipinski definition) is 8. The van der Waals surface area contributed by atoms with Gasteiger partial charge in [-0.05, 0) is 98.1 Å². The van der Waals surface area contributed by atoms with Gasteiger partial charge in [0, 0.05) is 23.0 Å². The first-order valence-electron chi connectivity index (χ1n) is 16.3. The first-order chi connectivity index (χ1) is 24.7. The lowest BCUT2D eigenvalue weighted by molar-refractivity contribution is -0.138. The van der Waals surface area contributed by atoms with Crippen LogP contribution in [0.2, 0.25) is 0 Å². The van der Waals surface area contributed by atoms with Gasteiger partial charge in [0.2, 0.25) is 11.8 Å². The number of allylic oxidation sites excluding steroid dienone is 2. The molecule has 0 aromatic heterocycles. The maximum atomic E-state index is 14.5. The number of carbonyl (C=O) groups is 4. The third-order valence-electron chi connectivity index (χ3n) is 10.8. The molecular formula is C38H32Br2Cl2N2O8. The topological polar surface area (TPSA) is 123 Å². The van der Waals surface area contributed by atoms with Crippen molar-refractivity contribution in [3.8, 4) is 23.0 Å². The number of carbonyl (C=O) groups excluding carboxylic acids is 4. The third-order valence-corrected chi connectivity index (χ3v) is 14.3. The Morgan fingerprint density at radius 1 is 0.846 bits per heavy atom. The fourth-order valence-corrected chi connectivity index (χ4v) is 10.2. The van der Waals surface area contributed by atoms with Crippen LogP contribution in [0.25, 0.3) is 12.2 Å². The van der Waals surface area contributed by atoms with Gasteiger partial charge in [0.1, 0.15) is 11.5 Å². The van der Waals surface area contributed by atoms with Crippen molar-refractivity contribution >= 4 is 96.5 Å². The Bertz CT molecular complexity index is 2120. The molecule has 2 aliphatic heterocycles. The van der Waals surface area contributed by atoms with Crippen LogP contribution in [0.4, 0.5) is 5.69 Å². The summed E-state index contributed by atoms with van der Waals surface area (Å²) in [6.07, 6.45) is 5.68. The third kappa shape index (κ3) is 5.15. The SMILES string of the molecule is COc1ccc(OC)c(C=Cc2ccc(N3C(=O)C4CC=C5C(CC6(Cl)C(=O)N(C)C(=O)C6(Cl)C5c5cc(OC)c(O)c(Br)c5Br)C4C3=O)cc2)c1. The Morgan fingerprint density at radius 3 is 2.19 bits per heavy atom. The van der Waals surface area contributed by atoms with Gasteiger partial charge >= 0.3 is 0 Å². The van der Waals surface area contributed by atoms with Gasteiger partial charge in [-0.3, -0.25) is 29.0 Å². The Labute approximate surface area is 326 Å². The van der Waals surface area contributed by atoms with Crippen LogP contribution in [-0.2, 0) is 19.2 Å². The van der Waals surface area contributed by atoms with Crippen LogP contribution in [0.3, 0.4) is 0 Å². The predicted octanol–water partition coefficient (Wildman–Crippen LogP) is 7.31. The number of hydrogen-bond donors (Lipinski definition) is 1. The zero-order valence-electron chi connectivity index (χ0n) is 28.3. The minimum atomic E-state index is -2.00. The fourth-order valence-electron chi connectivity index (χ4n) is 8.21. The molecule has 3 fully saturated rings. The highest BCUT2D eigenvalue weighted by molar-refractivity contribution is 9.13. The molecule has 6 atom stereocenters. The molecule has 2 heterocycles. The number of benzene rings is 3. The highest BCUT2D eigenvalue weighted by atomic mass is 79.9. The van der Waals surface area contributed by atoms with E-state index in [9.17, 15) is 24.3 Å². The number of imide groups is 2. The first kappa shape index (κ1) is 36.5. The molecule has 10 nitrogen and oxygen atoms in total. The fraction of sp³-hybridized carbons (Fsp3) is 0.316. The molecule has 2 saturated heterocycles. The van der Waals surface area contributed by atoms with Gasteiger partial charge in [-0.1, -0.05) is 35.9 Å². The summed E-state index contributed by atoms with van der Waals surface area (Å²) in [6, 6.07) is 14.1. The molecule has 4 aliphatic rings. The van der Waals surface area contributed by atoms with E-state index in [2.05, 4.69) is 31.9 Å². The van der Waals surface area contributed by atoms with Crippen LogP contribution in [0.1, 0.15) is 35.4 Å². The number of amides is 4. The molecule has 3 aromatic rings. The molecule has 4 amide bonds. The standard InChI is InChI=1S/C38H32Br2Cl2N2O8/c1-43-35(48)37(41)17-25-22(29(38(37,42)36(43)49)24-16-27(52-4)32(45)31(40)30(24)39)12-13-23-28(25)34(47)44(33(23)46)20-9-6-18(7-10-20)5-8-19-15-21(50-2)11-14-26(19)51-3/h5-12,14-16,23,25,28-29,45H,13,17H2,1-4H3. The first-order valence-corrected chi connectivity index (χ1v) is 18.6. The molecule has 7 rings (SSSR count). The van der Waals surface area contributed by atoms with Crippen molar-refractivity contribution in [1.29, 1.82) is 0 Å². The van der Waals surface area contributed by atoms with Crippen molar-refractivity contribution in [2.75, 3.05) is 33.3 Å². The molecule has 2 aliphatic carbocycles. The summed E-state index contributed by atoms with van der Waals surface area (Å²) in [6.45, 7) is 0.